The quantitative estimate of drug-likeness (QED) is 0.717. The molecule has 2 aromatic heterocycles. The van der Waals surface area contributed by atoms with Crippen molar-refractivity contribution in [3.63, 3.8) is 0 Å². The number of hydrogen-bond donors (Lipinski definition) is 0. The minimum absolute atomic E-state index is 0.266. The minimum atomic E-state index is -0.266. The third-order valence-corrected chi connectivity index (χ3v) is 3.17. The molecule has 0 saturated heterocycles. The zero-order valence-electron chi connectivity index (χ0n) is 11.0. The molecule has 3 rings (SSSR count). The lowest BCUT2D eigenvalue weighted by atomic mass is 10.1. The SMILES string of the molecule is CCc1ccncc1-c1nc(-c2ccc(F)cc2)co1. The van der Waals surface area contributed by atoms with Crippen LogP contribution in [-0.2, 0) is 6.42 Å². The van der Waals surface area contributed by atoms with Crippen molar-refractivity contribution in [1.82, 2.24) is 9.97 Å². The number of aromatic nitrogens is 2. The highest BCUT2D eigenvalue weighted by molar-refractivity contribution is 5.64. The second-order valence-electron chi connectivity index (χ2n) is 4.43. The lowest BCUT2D eigenvalue weighted by molar-refractivity contribution is 0.574. The second kappa shape index (κ2) is 5.25. The minimum Gasteiger partial charge on any atom is -0.444 e. The van der Waals surface area contributed by atoms with Crippen LogP contribution in [0.15, 0.2) is 53.4 Å². The summed E-state index contributed by atoms with van der Waals surface area (Å²) < 4.78 is 18.5. The molecule has 0 amide bonds. The number of rotatable bonds is 3. The molecule has 0 unspecified atom stereocenters. The van der Waals surface area contributed by atoms with Gasteiger partial charge in [-0.1, -0.05) is 6.92 Å². The van der Waals surface area contributed by atoms with Gasteiger partial charge in [-0.2, -0.15) is 0 Å². The van der Waals surface area contributed by atoms with Crippen LogP contribution in [0, 0.1) is 5.82 Å². The average molecular weight is 268 g/mol. The molecule has 0 aliphatic rings. The first kappa shape index (κ1) is 12.5. The van der Waals surface area contributed by atoms with E-state index in [1.165, 1.54) is 12.1 Å². The van der Waals surface area contributed by atoms with E-state index in [2.05, 4.69) is 16.9 Å². The summed E-state index contributed by atoms with van der Waals surface area (Å²) in [6.45, 7) is 2.07. The van der Waals surface area contributed by atoms with E-state index in [4.69, 9.17) is 4.42 Å². The van der Waals surface area contributed by atoms with Crippen LogP contribution in [-0.4, -0.2) is 9.97 Å². The maximum atomic E-state index is 12.9. The summed E-state index contributed by atoms with van der Waals surface area (Å²) in [5.74, 6) is 0.271. The van der Waals surface area contributed by atoms with Crippen molar-refractivity contribution in [3.8, 4) is 22.7 Å². The topological polar surface area (TPSA) is 38.9 Å². The van der Waals surface area contributed by atoms with Gasteiger partial charge in [-0.15, -0.1) is 0 Å². The normalized spacial score (nSPS) is 10.7. The Morgan fingerprint density at radius 2 is 1.95 bits per heavy atom. The summed E-state index contributed by atoms with van der Waals surface area (Å²) in [6, 6.07) is 8.13. The molecule has 0 saturated carbocycles. The Labute approximate surface area is 116 Å². The van der Waals surface area contributed by atoms with Crippen molar-refractivity contribution in [3.05, 3.63) is 60.4 Å². The predicted octanol–water partition coefficient (Wildman–Crippen LogP) is 4.11. The number of aryl methyl sites for hydroxylation is 1. The maximum Gasteiger partial charge on any atom is 0.228 e. The van der Waals surface area contributed by atoms with E-state index >= 15 is 0 Å². The summed E-state index contributed by atoms with van der Waals surface area (Å²) in [5.41, 5.74) is 3.53. The van der Waals surface area contributed by atoms with Crippen molar-refractivity contribution in [1.29, 1.82) is 0 Å². The zero-order chi connectivity index (χ0) is 13.9. The van der Waals surface area contributed by atoms with E-state index in [-0.39, 0.29) is 5.82 Å². The molecule has 0 bridgehead atoms. The van der Waals surface area contributed by atoms with Gasteiger partial charge in [0.25, 0.3) is 0 Å². The third kappa shape index (κ3) is 2.32. The Bertz CT molecular complexity index is 719. The van der Waals surface area contributed by atoms with Gasteiger partial charge >= 0.3 is 0 Å². The summed E-state index contributed by atoms with van der Waals surface area (Å²) in [5, 5.41) is 0. The van der Waals surface area contributed by atoms with Crippen molar-refractivity contribution in [2.45, 2.75) is 13.3 Å². The number of benzene rings is 1. The average Bonchev–Trinajstić information content (AvgIpc) is 2.97. The van der Waals surface area contributed by atoms with Gasteiger partial charge in [0.05, 0.1) is 5.56 Å². The number of pyridine rings is 1. The molecule has 0 radical (unpaired) electrons. The summed E-state index contributed by atoms with van der Waals surface area (Å²) in [6.07, 6.45) is 5.96. The molecular formula is C16H13FN2O. The van der Waals surface area contributed by atoms with Crippen LogP contribution in [0.3, 0.4) is 0 Å². The largest absolute Gasteiger partial charge is 0.444 e. The van der Waals surface area contributed by atoms with E-state index in [0.29, 0.717) is 11.6 Å². The molecule has 0 fully saturated rings. The van der Waals surface area contributed by atoms with Crippen LogP contribution in [0.25, 0.3) is 22.7 Å². The fraction of sp³-hybridized carbons (Fsp3) is 0.125. The fourth-order valence-corrected chi connectivity index (χ4v) is 2.07. The molecule has 20 heavy (non-hydrogen) atoms. The van der Waals surface area contributed by atoms with Crippen molar-refractivity contribution >= 4 is 0 Å². The van der Waals surface area contributed by atoms with Gasteiger partial charge in [0.2, 0.25) is 5.89 Å². The van der Waals surface area contributed by atoms with Gasteiger partial charge < -0.3 is 4.42 Å². The molecule has 0 aliphatic carbocycles. The molecule has 0 N–H and O–H groups in total. The van der Waals surface area contributed by atoms with Gasteiger partial charge in [0.15, 0.2) is 0 Å². The summed E-state index contributed by atoms with van der Waals surface area (Å²) in [4.78, 5) is 8.57. The molecule has 3 nitrogen and oxygen atoms in total. The number of nitrogens with zero attached hydrogens (tertiary/aromatic N) is 2. The lowest BCUT2D eigenvalue weighted by Gasteiger charge is -2.01. The van der Waals surface area contributed by atoms with Crippen LogP contribution < -0.4 is 0 Å². The molecule has 0 spiro atoms. The molecule has 1 aromatic carbocycles. The molecule has 4 heteroatoms. The van der Waals surface area contributed by atoms with E-state index < -0.39 is 0 Å². The Hall–Kier alpha value is -2.49. The Balaban J connectivity index is 2.00. The number of halogens is 1. The van der Waals surface area contributed by atoms with Crippen LogP contribution in [0.5, 0.6) is 0 Å². The number of oxazole rings is 1. The summed E-state index contributed by atoms with van der Waals surface area (Å²) in [7, 11) is 0. The van der Waals surface area contributed by atoms with Gasteiger partial charge in [-0.3, -0.25) is 4.98 Å². The Morgan fingerprint density at radius 3 is 2.70 bits per heavy atom. The van der Waals surface area contributed by atoms with Crippen molar-refractivity contribution in [2.24, 2.45) is 0 Å². The highest BCUT2D eigenvalue weighted by atomic mass is 19.1. The van der Waals surface area contributed by atoms with E-state index in [1.807, 2.05) is 6.07 Å². The van der Waals surface area contributed by atoms with Crippen LogP contribution in [0.2, 0.25) is 0 Å². The van der Waals surface area contributed by atoms with E-state index in [1.54, 1.807) is 30.8 Å². The molecule has 0 atom stereocenters. The van der Waals surface area contributed by atoms with Crippen molar-refractivity contribution < 1.29 is 8.81 Å². The van der Waals surface area contributed by atoms with Gasteiger partial charge in [0.1, 0.15) is 17.8 Å². The first-order chi connectivity index (χ1) is 9.78. The molecule has 2 heterocycles. The Morgan fingerprint density at radius 1 is 1.15 bits per heavy atom. The first-order valence-corrected chi connectivity index (χ1v) is 6.42. The molecule has 3 aromatic rings. The monoisotopic (exact) mass is 268 g/mol. The highest BCUT2D eigenvalue weighted by Gasteiger charge is 2.11. The van der Waals surface area contributed by atoms with E-state index in [9.17, 15) is 4.39 Å². The van der Waals surface area contributed by atoms with Gasteiger partial charge in [-0.25, -0.2) is 9.37 Å². The number of hydrogen-bond acceptors (Lipinski definition) is 3. The Kier molecular flexibility index (Phi) is 3.29. The smallest absolute Gasteiger partial charge is 0.228 e. The van der Waals surface area contributed by atoms with Crippen molar-refractivity contribution in [2.75, 3.05) is 0 Å². The van der Waals surface area contributed by atoms with E-state index in [0.717, 1.165) is 23.1 Å². The zero-order valence-corrected chi connectivity index (χ0v) is 11.0. The third-order valence-electron chi connectivity index (χ3n) is 3.17. The lowest BCUT2D eigenvalue weighted by Crippen LogP contribution is -1.89. The standard InChI is InChI=1S/C16H13FN2O/c1-2-11-7-8-18-9-14(11)16-19-15(10-20-16)12-3-5-13(17)6-4-12/h3-10H,2H2,1H3. The van der Waals surface area contributed by atoms with Crippen LogP contribution in [0.4, 0.5) is 4.39 Å². The first-order valence-electron chi connectivity index (χ1n) is 6.42. The van der Waals surface area contributed by atoms with Crippen LogP contribution >= 0.6 is 0 Å². The predicted molar refractivity (Wildman–Crippen MR) is 74.5 cm³/mol. The molecule has 0 aliphatic heterocycles. The highest BCUT2D eigenvalue weighted by Crippen LogP contribution is 2.26. The van der Waals surface area contributed by atoms with Crippen LogP contribution in [0.1, 0.15) is 12.5 Å². The fourth-order valence-electron chi connectivity index (χ4n) is 2.07. The van der Waals surface area contributed by atoms with Gasteiger partial charge in [-0.05, 0) is 42.3 Å². The maximum absolute atomic E-state index is 12.9. The molecular weight excluding hydrogens is 255 g/mol. The van der Waals surface area contributed by atoms with Gasteiger partial charge in [0, 0.05) is 18.0 Å². The molecule has 100 valence electrons. The summed E-state index contributed by atoms with van der Waals surface area (Å²) >= 11 is 0. The second-order valence-corrected chi connectivity index (χ2v) is 4.43.